The van der Waals surface area contributed by atoms with Gasteiger partial charge in [0.15, 0.2) is 0 Å². The van der Waals surface area contributed by atoms with Crippen LogP contribution in [0.5, 0.6) is 11.5 Å². The molecule has 1 amide bonds. The van der Waals surface area contributed by atoms with E-state index in [0.717, 1.165) is 16.7 Å². The summed E-state index contributed by atoms with van der Waals surface area (Å²) in [7, 11) is 1.61. The van der Waals surface area contributed by atoms with Crippen molar-refractivity contribution in [3.8, 4) is 11.5 Å². The Morgan fingerprint density at radius 3 is 2.32 bits per heavy atom. The molecule has 1 aliphatic heterocycles. The first-order chi connectivity index (χ1) is 15.1. The van der Waals surface area contributed by atoms with Crippen LogP contribution in [0.3, 0.4) is 0 Å². The summed E-state index contributed by atoms with van der Waals surface area (Å²) in [6.07, 6.45) is 1.83. The molecule has 1 heterocycles. The molecule has 4 nitrogen and oxygen atoms in total. The number of ether oxygens (including phenoxy) is 2. The first-order valence-electron chi connectivity index (χ1n) is 9.78. The van der Waals surface area contributed by atoms with Crippen LogP contribution in [0.25, 0.3) is 6.08 Å². The molecule has 0 bridgehead atoms. The van der Waals surface area contributed by atoms with Crippen LogP contribution in [0.1, 0.15) is 16.7 Å². The molecule has 6 heteroatoms. The molecule has 1 fully saturated rings. The summed E-state index contributed by atoms with van der Waals surface area (Å²) in [5.41, 5.74) is 2.88. The molecule has 0 radical (unpaired) electrons. The molecule has 3 aromatic carbocycles. The van der Waals surface area contributed by atoms with Gasteiger partial charge in [0.25, 0.3) is 5.91 Å². The van der Waals surface area contributed by atoms with E-state index in [1.807, 2.05) is 84.9 Å². The second kappa shape index (κ2) is 9.81. The van der Waals surface area contributed by atoms with Gasteiger partial charge in [0, 0.05) is 5.56 Å². The lowest BCUT2D eigenvalue weighted by atomic mass is 10.1. The highest BCUT2D eigenvalue weighted by Crippen LogP contribution is 2.36. The van der Waals surface area contributed by atoms with Gasteiger partial charge in [0.1, 0.15) is 22.4 Å². The van der Waals surface area contributed by atoms with Crippen LogP contribution in [0.15, 0.2) is 83.8 Å². The zero-order chi connectivity index (χ0) is 21.6. The lowest BCUT2D eigenvalue weighted by molar-refractivity contribution is -0.122. The normalized spacial score (nSPS) is 14.9. The molecule has 1 saturated heterocycles. The molecule has 0 aromatic heterocycles. The minimum absolute atomic E-state index is 0.101. The van der Waals surface area contributed by atoms with E-state index in [9.17, 15) is 4.79 Å². The number of carbonyl (C=O) groups is 1. The van der Waals surface area contributed by atoms with E-state index in [1.165, 1.54) is 11.8 Å². The minimum atomic E-state index is -0.101. The number of nitrogens with zero attached hydrogens (tertiary/aromatic N) is 1. The number of rotatable bonds is 7. The van der Waals surface area contributed by atoms with Crippen molar-refractivity contribution in [3.63, 3.8) is 0 Å². The van der Waals surface area contributed by atoms with Gasteiger partial charge < -0.3 is 9.47 Å². The third-order valence-corrected chi connectivity index (χ3v) is 6.18. The Hall–Kier alpha value is -3.09. The van der Waals surface area contributed by atoms with Crippen molar-refractivity contribution < 1.29 is 14.3 Å². The molecule has 3 aromatic rings. The summed E-state index contributed by atoms with van der Waals surface area (Å²) in [6, 6.07) is 25.4. The average Bonchev–Trinajstić information content (AvgIpc) is 3.07. The summed E-state index contributed by atoms with van der Waals surface area (Å²) >= 11 is 6.78. The highest BCUT2D eigenvalue weighted by atomic mass is 32.2. The van der Waals surface area contributed by atoms with Crippen molar-refractivity contribution >= 4 is 40.3 Å². The summed E-state index contributed by atoms with van der Waals surface area (Å²) in [5.74, 6) is 1.27. The predicted molar refractivity (Wildman–Crippen MR) is 129 cm³/mol. The average molecular weight is 448 g/mol. The fourth-order valence-corrected chi connectivity index (χ4v) is 4.42. The molecule has 0 unspecified atom stereocenters. The number of hydrogen-bond acceptors (Lipinski definition) is 5. The summed E-state index contributed by atoms with van der Waals surface area (Å²) in [4.78, 5) is 15.2. The summed E-state index contributed by atoms with van der Waals surface area (Å²) < 4.78 is 12.0. The summed E-state index contributed by atoms with van der Waals surface area (Å²) in [6.45, 7) is 0.890. The van der Waals surface area contributed by atoms with Gasteiger partial charge in [-0.15, -0.1) is 0 Å². The summed E-state index contributed by atoms with van der Waals surface area (Å²) in [5, 5.41) is 0. The Bertz CT molecular complexity index is 1110. The number of benzene rings is 3. The second-order valence-electron chi connectivity index (χ2n) is 6.93. The minimum Gasteiger partial charge on any atom is -0.497 e. The molecule has 156 valence electrons. The van der Waals surface area contributed by atoms with Gasteiger partial charge in [-0.05, 0) is 35.4 Å². The molecular formula is C25H21NO3S2. The van der Waals surface area contributed by atoms with Crippen LogP contribution < -0.4 is 9.47 Å². The predicted octanol–water partition coefficient (Wildman–Crippen LogP) is 5.68. The third kappa shape index (κ3) is 5.16. The second-order valence-corrected chi connectivity index (χ2v) is 8.61. The van der Waals surface area contributed by atoms with Gasteiger partial charge in [-0.2, -0.15) is 0 Å². The van der Waals surface area contributed by atoms with Crippen LogP contribution in [-0.2, 0) is 17.9 Å². The Balaban J connectivity index is 1.58. The highest BCUT2D eigenvalue weighted by Gasteiger charge is 2.32. The largest absolute Gasteiger partial charge is 0.497 e. The Kier molecular flexibility index (Phi) is 6.70. The highest BCUT2D eigenvalue weighted by molar-refractivity contribution is 8.26. The number of methoxy groups -OCH3 is 1. The number of hydrogen-bond donors (Lipinski definition) is 0. The van der Waals surface area contributed by atoms with Crippen molar-refractivity contribution in [3.05, 3.63) is 100 Å². The Morgan fingerprint density at radius 2 is 1.65 bits per heavy atom. The van der Waals surface area contributed by atoms with E-state index in [-0.39, 0.29) is 5.91 Å². The van der Waals surface area contributed by atoms with Crippen molar-refractivity contribution in [2.24, 2.45) is 0 Å². The fourth-order valence-electron chi connectivity index (χ4n) is 3.18. The van der Waals surface area contributed by atoms with E-state index >= 15 is 0 Å². The van der Waals surface area contributed by atoms with Crippen molar-refractivity contribution in [2.75, 3.05) is 7.11 Å². The molecule has 0 saturated carbocycles. The van der Waals surface area contributed by atoms with Gasteiger partial charge in [-0.3, -0.25) is 9.69 Å². The smallest absolute Gasteiger partial charge is 0.266 e. The molecule has 4 rings (SSSR count). The van der Waals surface area contributed by atoms with Gasteiger partial charge in [-0.1, -0.05) is 84.6 Å². The van der Waals surface area contributed by atoms with Crippen LogP contribution in [0.2, 0.25) is 0 Å². The monoisotopic (exact) mass is 447 g/mol. The van der Waals surface area contributed by atoms with Crippen LogP contribution in [0.4, 0.5) is 0 Å². The third-order valence-electron chi connectivity index (χ3n) is 4.80. The SMILES string of the molecule is COc1ccc(OCc2ccccc2)c(/C=C2\SC(=S)N(Cc3ccccc3)C2=O)c1. The molecule has 0 N–H and O–H groups in total. The Labute approximate surface area is 191 Å². The quantitative estimate of drug-likeness (QED) is 0.344. The van der Waals surface area contributed by atoms with E-state index < -0.39 is 0 Å². The maximum absolute atomic E-state index is 13.0. The van der Waals surface area contributed by atoms with E-state index in [0.29, 0.717) is 33.9 Å². The number of thioether (sulfide) groups is 1. The van der Waals surface area contributed by atoms with Gasteiger partial charge in [-0.25, -0.2) is 0 Å². The van der Waals surface area contributed by atoms with Crippen LogP contribution in [0, 0.1) is 0 Å². The standard InChI is InChI=1S/C25H21NO3S2/c1-28-21-12-13-22(29-17-19-10-6-3-7-11-19)20(14-21)15-23-24(27)26(25(30)31-23)16-18-8-4-2-5-9-18/h2-15H,16-17H2,1H3/b23-15-. The van der Waals surface area contributed by atoms with E-state index in [1.54, 1.807) is 12.0 Å². The lowest BCUT2D eigenvalue weighted by Crippen LogP contribution is -2.27. The van der Waals surface area contributed by atoms with Gasteiger partial charge >= 0.3 is 0 Å². The van der Waals surface area contributed by atoms with Gasteiger partial charge in [0.2, 0.25) is 0 Å². The first-order valence-corrected chi connectivity index (χ1v) is 11.0. The molecular weight excluding hydrogens is 426 g/mol. The molecule has 0 aliphatic carbocycles. The van der Waals surface area contributed by atoms with Crippen LogP contribution in [-0.4, -0.2) is 22.2 Å². The zero-order valence-corrected chi connectivity index (χ0v) is 18.6. The van der Waals surface area contributed by atoms with E-state index in [4.69, 9.17) is 21.7 Å². The molecule has 0 spiro atoms. The molecule has 0 atom stereocenters. The topological polar surface area (TPSA) is 38.8 Å². The fraction of sp³-hybridized carbons (Fsp3) is 0.120. The maximum atomic E-state index is 13.0. The van der Waals surface area contributed by atoms with Crippen LogP contribution >= 0.6 is 24.0 Å². The van der Waals surface area contributed by atoms with Crippen molar-refractivity contribution in [1.29, 1.82) is 0 Å². The number of amides is 1. The molecule has 31 heavy (non-hydrogen) atoms. The Morgan fingerprint density at radius 1 is 0.968 bits per heavy atom. The first kappa shape index (κ1) is 21.2. The molecule has 1 aliphatic rings. The maximum Gasteiger partial charge on any atom is 0.266 e. The van der Waals surface area contributed by atoms with Crippen molar-refractivity contribution in [2.45, 2.75) is 13.2 Å². The van der Waals surface area contributed by atoms with Gasteiger partial charge in [0.05, 0.1) is 18.6 Å². The number of thiocarbonyl (C=S) groups is 1. The number of carbonyl (C=O) groups excluding carboxylic acids is 1. The van der Waals surface area contributed by atoms with E-state index in [2.05, 4.69) is 0 Å². The lowest BCUT2D eigenvalue weighted by Gasteiger charge is -2.14. The zero-order valence-electron chi connectivity index (χ0n) is 17.0. The van der Waals surface area contributed by atoms with Crippen molar-refractivity contribution in [1.82, 2.24) is 4.90 Å².